The lowest BCUT2D eigenvalue weighted by molar-refractivity contribution is 0.102. The van der Waals surface area contributed by atoms with Crippen molar-refractivity contribution in [2.45, 2.75) is 38.2 Å². The number of morpholine rings is 1. The fraction of sp³-hybridized carbons (Fsp3) is 0.538. The minimum atomic E-state index is -0.361. The summed E-state index contributed by atoms with van der Waals surface area (Å²) in [5, 5.41) is 14.1. The minimum absolute atomic E-state index is 0.267. The van der Waals surface area contributed by atoms with E-state index < -0.39 is 0 Å². The lowest BCUT2D eigenvalue weighted by Gasteiger charge is -2.31. The van der Waals surface area contributed by atoms with E-state index in [1.165, 1.54) is 6.42 Å². The van der Waals surface area contributed by atoms with Crippen molar-refractivity contribution in [2.24, 2.45) is 0 Å². The number of β-amino-alcohol motifs (C(OH)–C–C–N with tert-alkyl or cyclic N) is 1. The number of anilines is 4. The zero-order valence-corrected chi connectivity index (χ0v) is 21.8. The first-order valence-corrected chi connectivity index (χ1v) is 14.1. The van der Waals surface area contributed by atoms with Crippen LogP contribution in [0, 0.1) is 0 Å². The number of hydrogen-bond acceptors (Lipinski definition) is 10. The third-order valence-electron chi connectivity index (χ3n) is 7.22. The highest BCUT2D eigenvalue weighted by Crippen LogP contribution is 2.35. The SMILES string of the molecule is O=C(Nc1cc2sc(N3CCOCC3)nc2nc1N1CCCCC1)c1cccc(N2CCC[C@H](O)C2)n1. The first-order valence-electron chi connectivity index (χ1n) is 13.2. The van der Waals surface area contributed by atoms with E-state index in [1.54, 1.807) is 17.4 Å². The van der Waals surface area contributed by atoms with Gasteiger partial charge in [-0.1, -0.05) is 17.4 Å². The third kappa shape index (κ3) is 5.34. The molecule has 0 saturated carbocycles. The van der Waals surface area contributed by atoms with Crippen LogP contribution in [0.25, 0.3) is 10.3 Å². The van der Waals surface area contributed by atoms with Crippen LogP contribution in [0.5, 0.6) is 0 Å². The Morgan fingerprint density at radius 1 is 0.973 bits per heavy atom. The molecular weight excluding hydrogens is 490 g/mol. The molecule has 0 radical (unpaired) electrons. The summed E-state index contributed by atoms with van der Waals surface area (Å²) in [4.78, 5) is 34.4. The van der Waals surface area contributed by atoms with Crippen molar-refractivity contribution in [3.8, 4) is 0 Å². The van der Waals surface area contributed by atoms with Gasteiger partial charge in [-0.25, -0.2) is 9.97 Å². The van der Waals surface area contributed by atoms with Gasteiger partial charge < -0.3 is 29.9 Å². The van der Waals surface area contributed by atoms with E-state index in [0.29, 0.717) is 42.6 Å². The lowest BCUT2D eigenvalue weighted by Crippen LogP contribution is -2.38. The first-order chi connectivity index (χ1) is 18.1. The molecule has 0 aliphatic carbocycles. The highest BCUT2D eigenvalue weighted by atomic mass is 32.1. The number of nitrogens with one attached hydrogen (secondary N) is 1. The number of hydrogen-bond donors (Lipinski definition) is 2. The molecule has 196 valence electrons. The topological polar surface area (TPSA) is 107 Å². The number of carbonyl (C=O) groups excluding carboxylic acids is 1. The molecule has 0 bridgehead atoms. The van der Waals surface area contributed by atoms with Crippen molar-refractivity contribution < 1.29 is 14.6 Å². The van der Waals surface area contributed by atoms with Crippen LogP contribution in [0.2, 0.25) is 0 Å². The summed E-state index contributed by atoms with van der Waals surface area (Å²) in [5.74, 6) is 1.22. The molecule has 0 unspecified atom stereocenters. The molecular formula is C26H33N7O3S. The van der Waals surface area contributed by atoms with E-state index in [9.17, 15) is 9.90 Å². The van der Waals surface area contributed by atoms with Gasteiger partial charge in [-0.2, -0.15) is 4.98 Å². The fourth-order valence-electron chi connectivity index (χ4n) is 5.25. The number of piperidine rings is 2. The van der Waals surface area contributed by atoms with Crippen LogP contribution in [-0.4, -0.2) is 84.6 Å². The summed E-state index contributed by atoms with van der Waals surface area (Å²) in [5.41, 5.74) is 1.76. The minimum Gasteiger partial charge on any atom is -0.391 e. The molecule has 1 atom stereocenters. The number of ether oxygens (including phenoxy) is 1. The summed E-state index contributed by atoms with van der Waals surface area (Å²) in [6.45, 7) is 6.22. The Labute approximate surface area is 220 Å². The first kappa shape index (κ1) is 24.3. The number of fused-ring (bicyclic) bond motifs is 1. The van der Waals surface area contributed by atoms with Crippen LogP contribution < -0.4 is 20.0 Å². The van der Waals surface area contributed by atoms with Crippen molar-refractivity contribution in [3.05, 3.63) is 30.0 Å². The molecule has 3 aliphatic heterocycles. The molecule has 11 heteroatoms. The van der Waals surface area contributed by atoms with Crippen LogP contribution in [0.15, 0.2) is 24.3 Å². The molecule has 1 amide bonds. The number of carbonyl (C=O) groups is 1. The van der Waals surface area contributed by atoms with Gasteiger partial charge in [0.15, 0.2) is 16.6 Å². The number of pyridine rings is 2. The van der Waals surface area contributed by atoms with E-state index in [0.717, 1.165) is 74.1 Å². The van der Waals surface area contributed by atoms with Crippen molar-refractivity contribution in [1.82, 2.24) is 15.0 Å². The molecule has 3 fully saturated rings. The second-order valence-electron chi connectivity index (χ2n) is 9.90. The van der Waals surface area contributed by atoms with Gasteiger partial charge in [-0.3, -0.25) is 4.79 Å². The summed E-state index contributed by atoms with van der Waals surface area (Å²) < 4.78 is 6.44. The van der Waals surface area contributed by atoms with Crippen LogP contribution in [0.3, 0.4) is 0 Å². The molecule has 3 saturated heterocycles. The average molecular weight is 524 g/mol. The van der Waals surface area contributed by atoms with Crippen LogP contribution in [0.1, 0.15) is 42.6 Å². The van der Waals surface area contributed by atoms with Gasteiger partial charge in [-0.05, 0) is 50.3 Å². The predicted octanol–water partition coefficient (Wildman–Crippen LogP) is 3.13. The quantitative estimate of drug-likeness (QED) is 0.522. The third-order valence-corrected chi connectivity index (χ3v) is 8.28. The smallest absolute Gasteiger partial charge is 0.274 e. The Balaban J connectivity index is 1.29. The summed E-state index contributed by atoms with van der Waals surface area (Å²) >= 11 is 1.60. The van der Waals surface area contributed by atoms with E-state index in [4.69, 9.17) is 14.7 Å². The number of amides is 1. The Kier molecular flexibility index (Phi) is 7.08. The van der Waals surface area contributed by atoms with E-state index in [-0.39, 0.29) is 12.0 Å². The Morgan fingerprint density at radius 3 is 2.59 bits per heavy atom. The van der Waals surface area contributed by atoms with Crippen molar-refractivity contribution >= 4 is 50.0 Å². The molecule has 3 aromatic rings. The number of nitrogens with zero attached hydrogens (tertiary/aromatic N) is 6. The maximum atomic E-state index is 13.4. The number of aliphatic hydroxyl groups excluding tert-OH is 1. The summed E-state index contributed by atoms with van der Waals surface area (Å²) in [6.07, 6.45) is 4.77. The number of aromatic nitrogens is 3. The van der Waals surface area contributed by atoms with Crippen LogP contribution in [-0.2, 0) is 4.74 Å². The van der Waals surface area contributed by atoms with Crippen molar-refractivity contribution in [2.75, 3.05) is 72.5 Å². The maximum absolute atomic E-state index is 13.4. The number of thiazole rings is 1. The van der Waals surface area contributed by atoms with E-state index >= 15 is 0 Å². The van der Waals surface area contributed by atoms with Crippen LogP contribution in [0.4, 0.5) is 22.5 Å². The predicted molar refractivity (Wildman–Crippen MR) is 146 cm³/mol. The van der Waals surface area contributed by atoms with Crippen molar-refractivity contribution in [3.63, 3.8) is 0 Å². The largest absolute Gasteiger partial charge is 0.391 e. The summed E-state index contributed by atoms with van der Waals surface area (Å²) in [6, 6.07) is 7.49. The molecule has 0 spiro atoms. The second kappa shape index (κ2) is 10.8. The molecule has 0 aromatic carbocycles. The second-order valence-corrected chi connectivity index (χ2v) is 10.9. The highest BCUT2D eigenvalue weighted by Gasteiger charge is 2.24. The molecule has 37 heavy (non-hydrogen) atoms. The monoisotopic (exact) mass is 523 g/mol. The number of rotatable bonds is 5. The van der Waals surface area contributed by atoms with E-state index in [2.05, 4.69) is 20.1 Å². The number of aliphatic hydroxyl groups is 1. The maximum Gasteiger partial charge on any atom is 0.274 e. The molecule has 10 nitrogen and oxygen atoms in total. The molecule has 3 aliphatic rings. The Morgan fingerprint density at radius 2 is 1.78 bits per heavy atom. The fourth-order valence-corrected chi connectivity index (χ4v) is 6.25. The summed E-state index contributed by atoms with van der Waals surface area (Å²) in [7, 11) is 0. The standard InChI is InChI=1S/C26H33N7O3S/c34-18-6-5-11-33(17-18)22-8-4-7-19(27-22)25(35)28-20-16-21-23(29-24(20)31-9-2-1-3-10-31)30-26(37-21)32-12-14-36-15-13-32/h4,7-8,16,18,34H,1-3,5-6,9-15,17H2,(H,28,35)/t18-/m0/s1. The van der Waals surface area contributed by atoms with Gasteiger partial charge in [0.25, 0.3) is 5.91 Å². The molecule has 3 aromatic heterocycles. The van der Waals surface area contributed by atoms with Crippen LogP contribution >= 0.6 is 11.3 Å². The van der Waals surface area contributed by atoms with Gasteiger partial charge in [-0.15, -0.1) is 0 Å². The average Bonchev–Trinajstić information content (AvgIpc) is 3.37. The zero-order chi connectivity index (χ0) is 25.2. The molecule has 6 heterocycles. The van der Waals surface area contributed by atoms with Gasteiger partial charge in [0.2, 0.25) is 0 Å². The van der Waals surface area contributed by atoms with Crippen molar-refractivity contribution in [1.29, 1.82) is 0 Å². The molecule has 6 rings (SSSR count). The molecule has 2 N–H and O–H groups in total. The lowest BCUT2D eigenvalue weighted by atomic mass is 10.1. The Hall–Kier alpha value is -3.02. The van der Waals surface area contributed by atoms with Gasteiger partial charge in [0.05, 0.1) is 29.7 Å². The van der Waals surface area contributed by atoms with Gasteiger partial charge >= 0.3 is 0 Å². The zero-order valence-electron chi connectivity index (χ0n) is 20.9. The normalized spacial score (nSPS) is 20.9. The Bertz CT molecular complexity index is 1260. The van der Waals surface area contributed by atoms with Gasteiger partial charge in [0.1, 0.15) is 11.5 Å². The highest BCUT2D eigenvalue weighted by molar-refractivity contribution is 7.22. The van der Waals surface area contributed by atoms with Gasteiger partial charge in [0, 0.05) is 39.3 Å². The van der Waals surface area contributed by atoms with E-state index in [1.807, 2.05) is 23.1 Å².